The van der Waals surface area contributed by atoms with Crippen LogP contribution in [0.2, 0.25) is 0 Å². The summed E-state index contributed by atoms with van der Waals surface area (Å²) in [6, 6.07) is 0.371. The molecule has 1 saturated heterocycles. The normalized spacial score (nSPS) is 24.0. The molecule has 1 fully saturated rings. The van der Waals surface area contributed by atoms with Crippen molar-refractivity contribution in [2.45, 2.75) is 51.2 Å². The summed E-state index contributed by atoms with van der Waals surface area (Å²) in [5, 5.41) is 0. The third-order valence-corrected chi connectivity index (χ3v) is 3.92. The number of thioether (sulfide) groups is 1. The van der Waals surface area contributed by atoms with Crippen LogP contribution >= 0.6 is 11.8 Å². The van der Waals surface area contributed by atoms with Crippen LogP contribution in [0.5, 0.6) is 0 Å². The first kappa shape index (κ1) is 12.3. The van der Waals surface area contributed by atoms with Crippen LogP contribution in [-0.2, 0) is 4.74 Å². The Balaban J connectivity index is 1.93. The Labute approximate surface area is 92.0 Å². The van der Waals surface area contributed by atoms with Crippen LogP contribution < -0.4 is 5.73 Å². The molecular formula is C11H23NOS. The third-order valence-electron chi connectivity index (χ3n) is 2.56. The molecule has 0 radical (unpaired) electrons. The lowest BCUT2D eigenvalue weighted by atomic mass is 10.1. The van der Waals surface area contributed by atoms with Gasteiger partial charge in [-0.15, -0.1) is 0 Å². The number of nitrogens with two attached hydrogens (primary N) is 1. The van der Waals surface area contributed by atoms with Crippen molar-refractivity contribution in [3.63, 3.8) is 0 Å². The summed E-state index contributed by atoms with van der Waals surface area (Å²) in [5.74, 6) is 2.36. The maximum absolute atomic E-state index is 6.02. The summed E-state index contributed by atoms with van der Waals surface area (Å²) in [6.45, 7) is 3.18. The van der Waals surface area contributed by atoms with E-state index in [-0.39, 0.29) is 0 Å². The summed E-state index contributed by atoms with van der Waals surface area (Å²) in [7, 11) is 0. The summed E-state index contributed by atoms with van der Waals surface area (Å²) in [4.78, 5) is 0. The molecule has 0 spiro atoms. The molecule has 84 valence electrons. The summed E-state index contributed by atoms with van der Waals surface area (Å²) in [5.41, 5.74) is 6.02. The SMILES string of the molecule is CCCSCC(N)CCC1CCCO1. The number of hydrogen-bond acceptors (Lipinski definition) is 3. The molecule has 1 rings (SSSR count). The van der Waals surface area contributed by atoms with Gasteiger partial charge in [-0.2, -0.15) is 11.8 Å². The van der Waals surface area contributed by atoms with Crippen molar-refractivity contribution in [3.05, 3.63) is 0 Å². The minimum Gasteiger partial charge on any atom is -0.378 e. The van der Waals surface area contributed by atoms with Crippen LogP contribution in [-0.4, -0.2) is 30.3 Å². The second-order valence-corrected chi connectivity index (χ2v) is 5.20. The number of rotatable bonds is 7. The Kier molecular flexibility index (Phi) is 6.65. The predicted octanol–water partition coefficient (Wildman–Crippen LogP) is 2.42. The largest absolute Gasteiger partial charge is 0.378 e. The van der Waals surface area contributed by atoms with Crippen LogP contribution in [0.1, 0.15) is 39.0 Å². The molecule has 1 aliphatic heterocycles. The van der Waals surface area contributed by atoms with Gasteiger partial charge in [0.1, 0.15) is 0 Å². The first-order valence-electron chi connectivity index (χ1n) is 5.78. The van der Waals surface area contributed by atoms with Crippen molar-refractivity contribution in [3.8, 4) is 0 Å². The molecule has 2 unspecified atom stereocenters. The molecule has 2 N–H and O–H groups in total. The van der Waals surface area contributed by atoms with Gasteiger partial charge in [0.05, 0.1) is 6.10 Å². The molecule has 0 saturated carbocycles. The van der Waals surface area contributed by atoms with Gasteiger partial charge in [-0.05, 0) is 37.9 Å². The maximum atomic E-state index is 6.02. The van der Waals surface area contributed by atoms with Gasteiger partial charge < -0.3 is 10.5 Å². The number of ether oxygens (including phenoxy) is 1. The van der Waals surface area contributed by atoms with Gasteiger partial charge in [0, 0.05) is 18.4 Å². The first-order valence-corrected chi connectivity index (χ1v) is 6.93. The summed E-state index contributed by atoms with van der Waals surface area (Å²) >= 11 is 1.98. The average molecular weight is 217 g/mol. The van der Waals surface area contributed by atoms with Crippen molar-refractivity contribution in [2.75, 3.05) is 18.1 Å². The number of hydrogen-bond donors (Lipinski definition) is 1. The Morgan fingerprint density at radius 2 is 2.43 bits per heavy atom. The third kappa shape index (κ3) is 5.23. The van der Waals surface area contributed by atoms with E-state index in [9.17, 15) is 0 Å². The van der Waals surface area contributed by atoms with E-state index in [0.29, 0.717) is 12.1 Å². The van der Waals surface area contributed by atoms with Gasteiger partial charge in [-0.25, -0.2) is 0 Å². The van der Waals surface area contributed by atoms with Crippen LogP contribution in [0.3, 0.4) is 0 Å². The van der Waals surface area contributed by atoms with Crippen molar-refractivity contribution < 1.29 is 4.74 Å². The molecule has 1 aliphatic rings. The van der Waals surface area contributed by atoms with E-state index >= 15 is 0 Å². The molecule has 0 aliphatic carbocycles. The van der Waals surface area contributed by atoms with E-state index in [1.807, 2.05) is 11.8 Å². The van der Waals surface area contributed by atoms with Crippen LogP contribution in [0, 0.1) is 0 Å². The lowest BCUT2D eigenvalue weighted by molar-refractivity contribution is 0.101. The molecule has 0 aromatic heterocycles. The van der Waals surface area contributed by atoms with Gasteiger partial charge in [0.25, 0.3) is 0 Å². The second kappa shape index (κ2) is 7.55. The molecule has 3 heteroatoms. The fourth-order valence-corrected chi connectivity index (χ4v) is 2.66. The molecule has 0 bridgehead atoms. The van der Waals surface area contributed by atoms with Crippen molar-refractivity contribution in [1.82, 2.24) is 0 Å². The highest BCUT2D eigenvalue weighted by Gasteiger charge is 2.16. The quantitative estimate of drug-likeness (QED) is 0.665. The highest BCUT2D eigenvalue weighted by atomic mass is 32.2. The van der Waals surface area contributed by atoms with Gasteiger partial charge in [0.15, 0.2) is 0 Å². The highest BCUT2D eigenvalue weighted by molar-refractivity contribution is 7.99. The van der Waals surface area contributed by atoms with Gasteiger partial charge in [-0.1, -0.05) is 6.92 Å². The molecule has 0 amide bonds. The Morgan fingerprint density at radius 1 is 1.57 bits per heavy atom. The molecule has 2 atom stereocenters. The second-order valence-electron chi connectivity index (χ2n) is 4.05. The fourth-order valence-electron chi connectivity index (χ4n) is 1.73. The van der Waals surface area contributed by atoms with Gasteiger partial charge in [-0.3, -0.25) is 0 Å². The van der Waals surface area contributed by atoms with Crippen LogP contribution in [0.15, 0.2) is 0 Å². The van der Waals surface area contributed by atoms with Gasteiger partial charge in [0.2, 0.25) is 0 Å². The highest BCUT2D eigenvalue weighted by Crippen LogP contribution is 2.18. The van der Waals surface area contributed by atoms with E-state index in [1.165, 1.54) is 25.0 Å². The predicted molar refractivity (Wildman–Crippen MR) is 63.8 cm³/mol. The molecule has 0 aromatic carbocycles. The summed E-state index contributed by atoms with van der Waals surface area (Å²) < 4.78 is 5.57. The maximum Gasteiger partial charge on any atom is 0.0576 e. The molecule has 2 nitrogen and oxygen atoms in total. The standard InChI is InChI=1S/C11H23NOS/c1-2-8-14-9-10(12)5-6-11-4-3-7-13-11/h10-11H,2-9,12H2,1H3. The van der Waals surface area contributed by atoms with E-state index in [4.69, 9.17) is 10.5 Å². The zero-order valence-electron chi connectivity index (χ0n) is 9.21. The fraction of sp³-hybridized carbons (Fsp3) is 1.00. The topological polar surface area (TPSA) is 35.2 Å². The molecule has 1 heterocycles. The minimum absolute atomic E-state index is 0.371. The molecular weight excluding hydrogens is 194 g/mol. The molecule has 14 heavy (non-hydrogen) atoms. The van der Waals surface area contributed by atoms with Crippen molar-refractivity contribution in [1.29, 1.82) is 0 Å². The van der Waals surface area contributed by atoms with E-state index in [2.05, 4.69) is 6.92 Å². The molecule has 0 aromatic rings. The van der Waals surface area contributed by atoms with Gasteiger partial charge >= 0.3 is 0 Å². The van der Waals surface area contributed by atoms with E-state index < -0.39 is 0 Å². The Morgan fingerprint density at radius 3 is 3.07 bits per heavy atom. The summed E-state index contributed by atoms with van der Waals surface area (Å²) in [6.07, 6.45) is 6.54. The minimum atomic E-state index is 0.371. The van der Waals surface area contributed by atoms with E-state index in [0.717, 1.165) is 25.2 Å². The van der Waals surface area contributed by atoms with Crippen molar-refractivity contribution in [2.24, 2.45) is 5.73 Å². The lowest BCUT2D eigenvalue weighted by Gasteiger charge is -2.14. The van der Waals surface area contributed by atoms with Crippen LogP contribution in [0.25, 0.3) is 0 Å². The van der Waals surface area contributed by atoms with Crippen molar-refractivity contribution >= 4 is 11.8 Å². The first-order chi connectivity index (χ1) is 6.83. The zero-order chi connectivity index (χ0) is 10.2. The average Bonchev–Trinajstić information content (AvgIpc) is 2.68. The lowest BCUT2D eigenvalue weighted by Crippen LogP contribution is -2.24. The monoisotopic (exact) mass is 217 g/mol. The smallest absolute Gasteiger partial charge is 0.0576 e. The Bertz CT molecular complexity index is 137. The van der Waals surface area contributed by atoms with E-state index in [1.54, 1.807) is 0 Å². The Hall–Kier alpha value is 0.270. The zero-order valence-corrected chi connectivity index (χ0v) is 10.0. The van der Waals surface area contributed by atoms with Crippen LogP contribution in [0.4, 0.5) is 0 Å².